The normalized spacial score (nSPS) is 27.5. The van der Waals surface area contributed by atoms with Crippen molar-refractivity contribution in [1.29, 1.82) is 0 Å². The first-order valence-electron chi connectivity index (χ1n) is 4.79. The maximum atomic E-state index is 10.4. The number of hydrogen-bond donors (Lipinski definition) is 2. The van der Waals surface area contributed by atoms with E-state index in [0.717, 1.165) is 18.0 Å². The van der Waals surface area contributed by atoms with E-state index >= 15 is 0 Å². The maximum Gasteiger partial charge on any atom is 0.262 e. The first kappa shape index (κ1) is 9.70. The Bertz CT molecular complexity index is 384. The molecule has 1 unspecified atom stereocenters. The highest BCUT2D eigenvalue weighted by Crippen LogP contribution is 2.19. The van der Waals surface area contributed by atoms with Crippen molar-refractivity contribution in [1.82, 2.24) is 5.32 Å². The van der Waals surface area contributed by atoms with Gasteiger partial charge in [0.25, 0.3) is 5.70 Å². The molecule has 1 heterocycles. The average molecular weight is 208 g/mol. The number of nitrogens with one attached hydrogen (secondary N) is 1. The van der Waals surface area contributed by atoms with E-state index in [1.165, 1.54) is 6.20 Å². The summed E-state index contributed by atoms with van der Waals surface area (Å²) in [7, 11) is 0. The van der Waals surface area contributed by atoms with Crippen LogP contribution in [0.3, 0.4) is 0 Å². The summed E-state index contributed by atoms with van der Waals surface area (Å²) in [6.45, 7) is 0. The summed E-state index contributed by atoms with van der Waals surface area (Å²) in [5, 5.41) is 13.3. The molecule has 1 aliphatic carbocycles. The zero-order valence-electron chi connectivity index (χ0n) is 8.14. The quantitative estimate of drug-likeness (QED) is 0.510. The summed E-state index contributed by atoms with van der Waals surface area (Å²) in [5.74, 6) is 0.779. The Morgan fingerprint density at radius 1 is 1.60 bits per heavy atom. The van der Waals surface area contributed by atoms with Crippen LogP contribution in [0.1, 0.15) is 19.3 Å². The largest absolute Gasteiger partial charge is 0.401 e. The fraction of sp³-hybridized carbons (Fsp3) is 0.444. The van der Waals surface area contributed by atoms with E-state index in [2.05, 4.69) is 10.3 Å². The predicted octanol–water partition coefficient (Wildman–Crippen LogP) is 0.501. The lowest BCUT2D eigenvalue weighted by Gasteiger charge is -2.22. The summed E-state index contributed by atoms with van der Waals surface area (Å²) < 4.78 is 0. The molecule has 1 atom stereocenters. The van der Waals surface area contributed by atoms with Crippen LogP contribution in [-0.2, 0) is 0 Å². The van der Waals surface area contributed by atoms with Crippen LogP contribution < -0.4 is 11.1 Å². The number of hydrogen-bond acceptors (Lipinski definition) is 4. The number of nitro groups is 1. The van der Waals surface area contributed by atoms with Crippen LogP contribution in [0, 0.1) is 10.1 Å². The molecule has 0 aromatic rings. The Balaban J connectivity index is 1.99. The monoisotopic (exact) mass is 208 g/mol. The summed E-state index contributed by atoms with van der Waals surface area (Å²) in [5.41, 5.74) is 6.60. The minimum Gasteiger partial charge on any atom is -0.401 e. The SMILES string of the molecule is NC1=CCC1N=C1CCC([N+](=O)[O-])=CN1. The third kappa shape index (κ3) is 1.98. The van der Waals surface area contributed by atoms with E-state index in [1.807, 2.05) is 6.08 Å². The molecule has 0 aromatic carbocycles. The lowest BCUT2D eigenvalue weighted by atomic mass is 10.0. The van der Waals surface area contributed by atoms with Crippen molar-refractivity contribution in [3.63, 3.8) is 0 Å². The van der Waals surface area contributed by atoms with E-state index in [4.69, 9.17) is 5.73 Å². The third-order valence-corrected chi connectivity index (χ3v) is 2.53. The smallest absolute Gasteiger partial charge is 0.262 e. The van der Waals surface area contributed by atoms with Crippen LogP contribution in [0.5, 0.6) is 0 Å². The first-order chi connectivity index (χ1) is 7.16. The van der Waals surface area contributed by atoms with E-state index in [1.54, 1.807) is 0 Å². The fourth-order valence-corrected chi connectivity index (χ4v) is 1.48. The third-order valence-electron chi connectivity index (χ3n) is 2.53. The molecule has 0 bridgehead atoms. The minimum atomic E-state index is -0.374. The van der Waals surface area contributed by atoms with Gasteiger partial charge in [0.05, 0.1) is 17.2 Å². The Kier molecular flexibility index (Phi) is 2.40. The molecule has 0 saturated heterocycles. The predicted molar refractivity (Wildman–Crippen MR) is 55.6 cm³/mol. The maximum absolute atomic E-state index is 10.4. The summed E-state index contributed by atoms with van der Waals surface area (Å²) in [6, 6.07) is 0.0676. The number of aliphatic imine (C=N–C) groups is 1. The van der Waals surface area contributed by atoms with Gasteiger partial charge in [-0.25, -0.2) is 0 Å². The molecule has 0 fully saturated rings. The van der Waals surface area contributed by atoms with Gasteiger partial charge in [-0.2, -0.15) is 0 Å². The molecule has 80 valence electrons. The second kappa shape index (κ2) is 3.72. The lowest BCUT2D eigenvalue weighted by molar-refractivity contribution is -0.428. The van der Waals surface area contributed by atoms with Gasteiger partial charge in [-0.3, -0.25) is 15.1 Å². The molecule has 0 radical (unpaired) electrons. The van der Waals surface area contributed by atoms with Gasteiger partial charge >= 0.3 is 0 Å². The van der Waals surface area contributed by atoms with Crippen molar-refractivity contribution in [3.8, 4) is 0 Å². The molecule has 3 N–H and O–H groups in total. The molecule has 6 nitrogen and oxygen atoms in total. The molecule has 0 saturated carbocycles. The highest BCUT2D eigenvalue weighted by molar-refractivity contribution is 5.84. The van der Waals surface area contributed by atoms with Crippen molar-refractivity contribution >= 4 is 5.84 Å². The molecule has 1 aliphatic heterocycles. The Morgan fingerprint density at radius 3 is 2.80 bits per heavy atom. The number of rotatable bonds is 2. The summed E-state index contributed by atoms with van der Waals surface area (Å²) >= 11 is 0. The average Bonchev–Trinajstić information content (AvgIpc) is 2.24. The van der Waals surface area contributed by atoms with Crippen molar-refractivity contribution in [2.45, 2.75) is 25.3 Å². The molecule has 2 rings (SSSR count). The van der Waals surface area contributed by atoms with Gasteiger partial charge in [0, 0.05) is 18.5 Å². The van der Waals surface area contributed by atoms with Gasteiger partial charge in [0.1, 0.15) is 5.84 Å². The fourth-order valence-electron chi connectivity index (χ4n) is 1.48. The van der Waals surface area contributed by atoms with Crippen molar-refractivity contribution in [2.75, 3.05) is 0 Å². The lowest BCUT2D eigenvalue weighted by Crippen LogP contribution is -2.30. The minimum absolute atomic E-state index is 0.0676. The van der Waals surface area contributed by atoms with Crippen LogP contribution in [0.2, 0.25) is 0 Å². The number of amidine groups is 1. The Labute approximate surface area is 86.7 Å². The molecular weight excluding hydrogens is 196 g/mol. The zero-order valence-corrected chi connectivity index (χ0v) is 8.14. The van der Waals surface area contributed by atoms with Crippen LogP contribution >= 0.6 is 0 Å². The second-order valence-electron chi connectivity index (χ2n) is 3.57. The van der Waals surface area contributed by atoms with Crippen LogP contribution in [0.25, 0.3) is 0 Å². The van der Waals surface area contributed by atoms with E-state index < -0.39 is 0 Å². The summed E-state index contributed by atoms with van der Waals surface area (Å²) in [4.78, 5) is 14.4. The van der Waals surface area contributed by atoms with Gasteiger partial charge in [-0.15, -0.1) is 0 Å². The highest BCUT2D eigenvalue weighted by atomic mass is 16.6. The van der Waals surface area contributed by atoms with Crippen molar-refractivity contribution in [2.24, 2.45) is 10.7 Å². The molecule has 0 aromatic heterocycles. The van der Waals surface area contributed by atoms with Gasteiger partial charge in [0.2, 0.25) is 0 Å². The number of allylic oxidation sites excluding steroid dienone is 1. The molecule has 6 heteroatoms. The van der Waals surface area contributed by atoms with Gasteiger partial charge in [-0.05, 0) is 6.42 Å². The van der Waals surface area contributed by atoms with Crippen LogP contribution in [-0.4, -0.2) is 16.8 Å². The van der Waals surface area contributed by atoms with Gasteiger partial charge in [-0.1, -0.05) is 6.08 Å². The molecular formula is C9H12N4O2. The number of nitrogens with two attached hydrogens (primary N) is 1. The second-order valence-corrected chi connectivity index (χ2v) is 3.57. The van der Waals surface area contributed by atoms with Crippen LogP contribution in [0.15, 0.2) is 28.7 Å². The molecule has 2 aliphatic rings. The first-order valence-corrected chi connectivity index (χ1v) is 4.79. The molecule has 0 amide bonds. The van der Waals surface area contributed by atoms with Gasteiger partial charge < -0.3 is 11.1 Å². The topological polar surface area (TPSA) is 93.5 Å². The van der Waals surface area contributed by atoms with Crippen LogP contribution in [0.4, 0.5) is 0 Å². The number of nitrogens with zero attached hydrogens (tertiary/aromatic N) is 2. The highest BCUT2D eigenvalue weighted by Gasteiger charge is 2.21. The Hall–Kier alpha value is -1.85. The van der Waals surface area contributed by atoms with Crippen molar-refractivity contribution < 1.29 is 4.92 Å². The van der Waals surface area contributed by atoms with E-state index in [9.17, 15) is 10.1 Å². The van der Waals surface area contributed by atoms with Crippen molar-refractivity contribution in [3.05, 3.63) is 33.8 Å². The zero-order chi connectivity index (χ0) is 10.8. The van der Waals surface area contributed by atoms with E-state index in [0.29, 0.717) is 12.8 Å². The van der Waals surface area contributed by atoms with E-state index in [-0.39, 0.29) is 16.7 Å². The van der Waals surface area contributed by atoms with Gasteiger partial charge in [0.15, 0.2) is 0 Å². The standard InChI is InChI=1S/C9H12N4O2/c10-7-2-3-8(7)12-9-4-1-6(5-11-9)13(14)15/h2,5,8H,1,3-4,10H2,(H,11,12). The Morgan fingerprint density at radius 2 is 2.40 bits per heavy atom. The molecule has 15 heavy (non-hydrogen) atoms. The molecule has 0 spiro atoms. The summed E-state index contributed by atoms with van der Waals surface area (Å²) in [6.07, 6.45) is 5.20.